The van der Waals surface area contributed by atoms with Crippen molar-refractivity contribution in [2.24, 2.45) is 17.1 Å². The number of hydrogen-bond acceptors (Lipinski definition) is 3. The van der Waals surface area contributed by atoms with E-state index in [1.165, 1.54) is 0 Å². The Bertz CT molecular complexity index is 394. The molecule has 2 saturated heterocycles. The Balaban J connectivity index is 2.07. The number of rotatable bonds is 3. The second-order valence-electron chi connectivity index (χ2n) is 6.36. The lowest BCUT2D eigenvalue weighted by Gasteiger charge is -2.34. The highest BCUT2D eigenvalue weighted by molar-refractivity contribution is 7.86. The first-order chi connectivity index (χ1) is 8.35. The highest BCUT2D eigenvalue weighted by Crippen LogP contribution is 2.32. The van der Waals surface area contributed by atoms with Crippen LogP contribution >= 0.6 is 0 Å². The molecule has 2 N–H and O–H groups in total. The van der Waals surface area contributed by atoms with Gasteiger partial charge in [-0.15, -0.1) is 0 Å². The maximum Gasteiger partial charge on any atom is 0.282 e. The summed E-state index contributed by atoms with van der Waals surface area (Å²) in [6.45, 7) is 7.37. The van der Waals surface area contributed by atoms with Crippen LogP contribution in [-0.2, 0) is 10.2 Å². The molecule has 2 aliphatic rings. The largest absolute Gasteiger partial charge is 0.330 e. The molecule has 0 amide bonds. The molecular weight excluding hydrogens is 250 g/mol. The normalized spacial score (nSPS) is 30.7. The molecule has 18 heavy (non-hydrogen) atoms. The summed E-state index contributed by atoms with van der Waals surface area (Å²) < 4.78 is 28.4. The van der Waals surface area contributed by atoms with Crippen molar-refractivity contribution < 1.29 is 8.42 Å². The molecule has 2 rings (SSSR count). The third-order valence-corrected chi connectivity index (χ3v) is 6.06. The van der Waals surface area contributed by atoms with E-state index in [1.54, 1.807) is 8.61 Å². The minimum absolute atomic E-state index is 0.107. The smallest absolute Gasteiger partial charge is 0.282 e. The molecule has 2 aliphatic heterocycles. The Labute approximate surface area is 110 Å². The lowest BCUT2D eigenvalue weighted by molar-refractivity contribution is 0.252. The van der Waals surface area contributed by atoms with E-state index in [2.05, 4.69) is 13.8 Å². The van der Waals surface area contributed by atoms with Gasteiger partial charge in [-0.1, -0.05) is 13.8 Å². The minimum atomic E-state index is -3.26. The summed E-state index contributed by atoms with van der Waals surface area (Å²) in [7, 11) is -3.26. The van der Waals surface area contributed by atoms with Crippen LogP contribution in [0.2, 0.25) is 0 Å². The highest BCUT2D eigenvalue weighted by Gasteiger charge is 2.40. The van der Waals surface area contributed by atoms with E-state index in [4.69, 9.17) is 5.73 Å². The Hall–Kier alpha value is -0.170. The molecule has 1 unspecified atom stereocenters. The van der Waals surface area contributed by atoms with Gasteiger partial charge in [-0.25, -0.2) is 0 Å². The van der Waals surface area contributed by atoms with E-state index < -0.39 is 10.2 Å². The zero-order valence-electron chi connectivity index (χ0n) is 11.4. The molecular formula is C12H25N3O2S. The fourth-order valence-electron chi connectivity index (χ4n) is 2.85. The van der Waals surface area contributed by atoms with Crippen LogP contribution in [0, 0.1) is 11.3 Å². The minimum Gasteiger partial charge on any atom is -0.330 e. The maximum atomic E-state index is 12.5. The van der Waals surface area contributed by atoms with Crippen LogP contribution in [0.15, 0.2) is 0 Å². The van der Waals surface area contributed by atoms with Gasteiger partial charge in [0, 0.05) is 26.2 Å². The first kappa shape index (κ1) is 14.2. The van der Waals surface area contributed by atoms with Crippen LogP contribution in [0.3, 0.4) is 0 Å². The van der Waals surface area contributed by atoms with E-state index in [-0.39, 0.29) is 5.41 Å². The summed E-state index contributed by atoms with van der Waals surface area (Å²) in [5, 5.41) is 0. The van der Waals surface area contributed by atoms with Gasteiger partial charge < -0.3 is 5.73 Å². The molecule has 5 nitrogen and oxygen atoms in total. The van der Waals surface area contributed by atoms with Crippen LogP contribution in [0.5, 0.6) is 0 Å². The van der Waals surface area contributed by atoms with Crippen LogP contribution in [0.25, 0.3) is 0 Å². The molecule has 0 aromatic carbocycles. The third kappa shape index (κ3) is 2.87. The molecule has 0 aromatic rings. The predicted molar refractivity (Wildman–Crippen MR) is 72.2 cm³/mol. The average molecular weight is 275 g/mol. The summed E-state index contributed by atoms with van der Waals surface area (Å²) in [5.74, 6) is 0.323. The van der Waals surface area contributed by atoms with E-state index >= 15 is 0 Å². The van der Waals surface area contributed by atoms with Crippen molar-refractivity contribution in [1.82, 2.24) is 8.61 Å². The molecule has 0 bridgehead atoms. The van der Waals surface area contributed by atoms with Crippen LogP contribution in [-0.4, -0.2) is 49.8 Å². The Kier molecular flexibility index (Phi) is 4.02. The summed E-state index contributed by atoms with van der Waals surface area (Å²) in [6, 6.07) is 0. The van der Waals surface area contributed by atoms with E-state index in [9.17, 15) is 8.42 Å². The molecule has 1 atom stereocenters. The fourth-order valence-corrected chi connectivity index (χ4v) is 4.77. The van der Waals surface area contributed by atoms with Crippen molar-refractivity contribution in [1.29, 1.82) is 0 Å². The zero-order valence-corrected chi connectivity index (χ0v) is 12.2. The van der Waals surface area contributed by atoms with Crippen molar-refractivity contribution in [2.75, 3.05) is 32.7 Å². The monoisotopic (exact) mass is 275 g/mol. The first-order valence-electron chi connectivity index (χ1n) is 6.80. The summed E-state index contributed by atoms with van der Waals surface area (Å²) in [6.07, 6.45) is 2.92. The molecule has 0 spiro atoms. The molecule has 2 heterocycles. The molecule has 106 valence electrons. The average Bonchev–Trinajstić information content (AvgIpc) is 2.70. The Morgan fingerprint density at radius 3 is 2.56 bits per heavy atom. The number of nitrogens with zero attached hydrogens (tertiary/aromatic N) is 2. The molecule has 0 saturated carbocycles. The summed E-state index contributed by atoms with van der Waals surface area (Å²) >= 11 is 0. The lowest BCUT2D eigenvalue weighted by atomic mass is 9.93. The number of nitrogens with two attached hydrogens (primary N) is 1. The highest BCUT2D eigenvalue weighted by atomic mass is 32.2. The van der Waals surface area contributed by atoms with Gasteiger partial charge in [-0.2, -0.15) is 17.0 Å². The summed E-state index contributed by atoms with van der Waals surface area (Å²) in [5.41, 5.74) is 5.78. The standard InChI is InChI=1S/C12H25N3O2S/c1-12(2)5-7-15(10-12)18(16,17)14-6-3-4-11(8-13)9-14/h11H,3-10,13H2,1-2H3. The SMILES string of the molecule is CC1(C)CCN(S(=O)(=O)N2CCCC(CN)C2)C1. The van der Waals surface area contributed by atoms with Gasteiger partial charge in [0.15, 0.2) is 0 Å². The topological polar surface area (TPSA) is 66.6 Å². The van der Waals surface area contributed by atoms with Crippen molar-refractivity contribution in [3.05, 3.63) is 0 Å². The first-order valence-corrected chi connectivity index (χ1v) is 8.20. The molecule has 0 aliphatic carbocycles. The number of hydrogen-bond donors (Lipinski definition) is 1. The van der Waals surface area contributed by atoms with Crippen molar-refractivity contribution in [2.45, 2.75) is 33.1 Å². The molecule has 2 fully saturated rings. The molecule has 0 aromatic heterocycles. The quantitative estimate of drug-likeness (QED) is 0.821. The summed E-state index contributed by atoms with van der Waals surface area (Å²) in [4.78, 5) is 0. The van der Waals surface area contributed by atoms with Gasteiger partial charge in [0.05, 0.1) is 0 Å². The van der Waals surface area contributed by atoms with Gasteiger partial charge in [0.25, 0.3) is 10.2 Å². The van der Waals surface area contributed by atoms with Crippen molar-refractivity contribution >= 4 is 10.2 Å². The van der Waals surface area contributed by atoms with E-state index in [0.717, 1.165) is 19.3 Å². The van der Waals surface area contributed by atoms with Crippen LogP contribution in [0.1, 0.15) is 33.1 Å². The predicted octanol–water partition coefficient (Wildman–Crippen LogP) is 0.634. The maximum absolute atomic E-state index is 12.5. The van der Waals surface area contributed by atoms with E-state index in [0.29, 0.717) is 38.6 Å². The van der Waals surface area contributed by atoms with E-state index in [1.807, 2.05) is 0 Å². The van der Waals surface area contributed by atoms with Crippen molar-refractivity contribution in [3.63, 3.8) is 0 Å². The zero-order chi connectivity index (χ0) is 13.4. The Morgan fingerprint density at radius 2 is 2.00 bits per heavy atom. The third-order valence-electron chi connectivity index (χ3n) is 4.11. The van der Waals surface area contributed by atoms with Gasteiger partial charge in [0.1, 0.15) is 0 Å². The van der Waals surface area contributed by atoms with Crippen LogP contribution < -0.4 is 5.73 Å². The fraction of sp³-hybridized carbons (Fsp3) is 1.00. The molecule has 0 radical (unpaired) electrons. The second-order valence-corrected chi connectivity index (χ2v) is 8.29. The van der Waals surface area contributed by atoms with Crippen molar-refractivity contribution in [3.8, 4) is 0 Å². The van der Waals surface area contributed by atoms with Gasteiger partial charge >= 0.3 is 0 Å². The van der Waals surface area contributed by atoms with Gasteiger partial charge in [-0.05, 0) is 37.1 Å². The molecule has 6 heteroatoms. The lowest BCUT2D eigenvalue weighted by Crippen LogP contribution is -2.48. The van der Waals surface area contributed by atoms with Gasteiger partial charge in [0.2, 0.25) is 0 Å². The number of piperidine rings is 1. The van der Waals surface area contributed by atoms with Gasteiger partial charge in [-0.3, -0.25) is 0 Å². The Morgan fingerprint density at radius 1 is 1.28 bits per heavy atom. The van der Waals surface area contributed by atoms with Crippen LogP contribution in [0.4, 0.5) is 0 Å². The second kappa shape index (κ2) is 5.07.